The molecule has 2 amide bonds. The Hall–Kier alpha value is -3.91. The number of fused-ring (bicyclic) bond motifs is 3. The number of phenolic OH excluding ortho intramolecular Hbond substituents is 1. The molecule has 3 N–H and O–H groups in total. The molecule has 2 heterocycles. The van der Waals surface area contributed by atoms with Crippen LogP contribution < -0.4 is 10.2 Å². The van der Waals surface area contributed by atoms with E-state index in [4.69, 9.17) is 16.3 Å². The van der Waals surface area contributed by atoms with E-state index in [1.807, 2.05) is 48.5 Å². The summed E-state index contributed by atoms with van der Waals surface area (Å²) in [7, 11) is 0. The fourth-order valence-electron chi connectivity index (χ4n) is 6.78. The molecule has 7 nitrogen and oxygen atoms in total. The number of amides is 2. The zero-order chi connectivity index (χ0) is 30.1. The molecule has 8 heteroatoms. The van der Waals surface area contributed by atoms with Crippen molar-refractivity contribution in [1.29, 1.82) is 0 Å². The maximum absolute atomic E-state index is 13.9. The molecule has 0 spiro atoms. The van der Waals surface area contributed by atoms with Crippen LogP contribution in [0.3, 0.4) is 0 Å². The van der Waals surface area contributed by atoms with Crippen LogP contribution in [0.15, 0.2) is 89.5 Å². The van der Waals surface area contributed by atoms with Crippen LogP contribution in [-0.2, 0) is 14.3 Å². The van der Waals surface area contributed by atoms with Gasteiger partial charge < -0.3 is 20.3 Å². The van der Waals surface area contributed by atoms with Crippen molar-refractivity contribution in [3.8, 4) is 5.75 Å². The van der Waals surface area contributed by atoms with Gasteiger partial charge in [-0.3, -0.25) is 14.5 Å². The van der Waals surface area contributed by atoms with Gasteiger partial charge in [0, 0.05) is 17.3 Å². The van der Waals surface area contributed by atoms with Gasteiger partial charge in [0.25, 0.3) is 0 Å². The minimum absolute atomic E-state index is 0.125. The molecule has 2 saturated heterocycles. The van der Waals surface area contributed by atoms with Gasteiger partial charge in [-0.2, -0.15) is 0 Å². The topological polar surface area (TPSA) is 99.1 Å². The highest BCUT2D eigenvalue weighted by molar-refractivity contribution is 6.32. The van der Waals surface area contributed by atoms with E-state index in [-0.39, 0.29) is 36.2 Å². The van der Waals surface area contributed by atoms with Crippen LogP contribution >= 0.6 is 11.6 Å². The SMILES string of the molecule is CC/C(=C\c1ccc(O)cc1Cl)CC[C@H]1OC[C@H]2C1=C(CO)C[C@H]1C(=O)N(c3ccc(Nc4ccccc4)cc3)C(=O)[C@H]12. The second kappa shape index (κ2) is 12.4. The summed E-state index contributed by atoms with van der Waals surface area (Å²) in [6, 6.07) is 22.1. The van der Waals surface area contributed by atoms with Crippen molar-refractivity contribution in [2.45, 2.75) is 38.7 Å². The van der Waals surface area contributed by atoms with Crippen molar-refractivity contribution < 1.29 is 24.5 Å². The van der Waals surface area contributed by atoms with E-state index in [1.54, 1.807) is 24.3 Å². The number of benzene rings is 3. The van der Waals surface area contributed by atoms with Gasteiger partial charge in [0.15, 0.2) is 0 Å². The van der Waals surface area contributed by atoms with Crippen LogP contribution in [0.5, 0.6) is 5.75 Å². The Morgan fingerprint density at radius 3 is 2.47 bits per heavy atom. The number of halogens is 1. The highest BCUT2D eigenvalue weighted by atomic mass is 35.5. The lowest BCUT2D eigenvalue weighted by Gasteiger charge is -2.31. The summed E-state index contributed by atoms with van der Waals surface area (Å²) in [5.74, 6) is -1.52. The van der Waals surface area contributed by atoms with Crippen LogP contribution in [0.1, 0.15) is 38.2 Å². The number of rotatable bonds is 9. The van der Waals surface area contributed by atoms with Gasteiger partial charge in [0.2, 0.25) is 11.8 Å². The summed E-state index contributed by atoms with van der Waals surface area (Å²) in [6.45, 7) is 2.28. The zero-order valence-electron chi connectivity index (χ0n) is 24.0. The van der Waals surface area contributed by atoms with E-state index < -0.39 is 11.8 Å². The molecule has 3 aromatic carbocycles. The largest absolute Gasteiger partial charge is 0.508 e. The van der Waals surface area contributed by atoms with Crippen LogP contribution in [-0.4, -0.2) is 41.3 Å². The highest BCUT2D eigenvalue weighted by Gasteiger charge is 2.57. The van der Waals surface area contributed by atoms with Gasteiger partial charge in [0.1, 0.15) is 5.75 Å². The number of para-hydroxylation sites is 1. The molecule has 0 saturated carbocycles. The highest BCUT2D eigenvalue weighted by Crippen LogP contribution is 2.50. The number of carbonyl (C=O) groups is 2. The maximum Gasteiger partial charge on any atom is 0.238 e. The third-order valence-electron chi connectivity index (χ3n) is 8.91. The average molecular weight is 599 g/mol. The minimum Gasteiger partial charge on any atom is -0.508 e. The summed E-state index contributed by atoms with van der Waals surface area (Å²) >= 11 is 6.33. The van der Waals surface area contributed by atoms with E-state index >= 15 is 0 Å². The fourth-order valence-corrected chi connectivity index (χ4v) is 7.01. The van der Waals surface area contributed by atoms with Crippen molar-refractivity contribution >= 4 is 46.6 Å². The Morgan fingerprint density at radius 1 is 1.02 bits per heavy atom. The summed E-state index contributed by atoms with van der Waals surface area (Å²) < 4.78 is 6.28. The van der Waals surface area contributed by atoms with Crippen molar-refractivity contribution in [2.24, 2.45) is 17.8 Å². The van der Waals surface area contributed by atoms with Crippen molar-refractivity contribution in [1.82, 2.24) is 0 Å². The summed E-state index contributed by atoms with van der Waals surface area (Å²) in [5.41, 5.74) is 6.20. The molecular formula is C35H35ClN2O5. The lowest BCUT2D eigenvalue weighted by molar-refractivity contribution is -0.122. The number of allylic oxidation sites excluding steroid dienone is 1. The molecule has 4 atom stereocenters. The first-order valence-electron chi connectivity index (χ1n) is 14.8. The monoisotopic (exact) mass is 598 g/mol. The number of hydrogen-bond donors (Lipinski definition) is 3. The second-order valence-electron chi connectivity index (χ2n) is 11.4. The predicted octanol–water partition coefficient (Wildman–Crippen LogP) is 6.88. The number of hydrogen-bond acceptors (Lipinski definition) is 6. The Morgan fingerprint density at radius 2 is 1.77 bits per heavy atom. The number of anilines is 3. The lowest BCUT2D eigenvalue weighted by atomic mass is 9.69. The van der Waals surface area contributed by atoms with E-state index in [9.17, 15) is 19.8 Å². The van der Waals surface area contributed by atoms with Gasteiger partial charge in [0.05, 0.1) is 41.9 Å². The molecule has 222 valence electrons. The van der Waals surface area contributed by atoms with Crippen LogP contribution in [0.4, 0.5) is 17.1 Å². The number of nitrogens with one attached hydrogen (secondary N) is 1. The first-order valence-corrected chi connectivity index (χ1v) is 15.2. The molecule has 6 rings (SSSR count). The first-order chi connectivity index (χ1) is 20.9. The van der Waals surface area contributed by atoms with Gasteiger partial charge in [-0.05, 0) is 97.0 Å². The second-order valence-corrected chi connectivity index (χ2v) is 11.8. The quantitative estimate of drug-likeness (QED) is 0.183. The number of aliphatic hydroxyl groups excluding tert-OH is 1. The third kappa shape index (κ3) is 5.73. The Bertz CT molecular complexity index is 1580. The molecule has 2 aliphatic heterocycles. The predicted molar refractivity (Wildman–Crippen MR) is 168 cm³/mol. The maximum atomic E-state index is 13.9. The van der Waals surface area contributed by atoms with Gasteiger partial charge in [-0.1, -0.05) is 48.4 Å². The van der Waals surface area contributed by atoms with Gasteiger partial charge in [-0.25, -0.2) is 0 Å². The summed E-state index contributed by atoms with van der Waals surface area (Å²) in [6.07, 6.45) is 4.46. The van der Waals surface area contributed by atoms with Crippen LogP contribution in [0.25, 0.3) is 6.08 Å². The number of phenols is 1. The molecule has 0 bridgehead atoms. The molecular weight excluding hydrogens is 564 g/mol. The molecule has 1 aliphatic carbocycles. The lowest BCUT2D eigenvalue weighted by Crippen LogP contribution is -2.35. The Balaban J connectivity index is 1.18. The average Bonchev–Trinajstić information content (AvgIpc) is 3.55. The minimum atomic E-state index is -0.504. The zero-order valence-corrected chi connectivity index (χ0v) is 24.8. The van der Waals surface area contributed by atoms with Crippen LogP contribution in [0, 0.1) is 17.8 Å². The molecule has 3 aromatic rings. The molecule has 0 radical (unpaired) electrons. The smallest absolute Gasteiger partial charge is 0.238 e. The number of ether oxygens (including phenoxy) is 1. The van der Waals surface area contributed by atoms with E-state index in [2.05, 4.69) is 12.2 Å². The number of imide groups is 1. The van der Waals surface area contributed by atoms with Crippen LogP contribution in [0.2, 0.25) is 5.02 Å². The third-order valence-corrected chi connectivity index (χ3v) is 9.24. The number of nitrogens with zero attached hydrogens (tertiary/aromatic N) is 1. The van der Waals surface area contributed by atoms with Gasteiger partial charge >= 0.3 is 0 Å². The molecule has 0 aromatic heterocycles. The molecule has 2 fully saturated rings. The fraction of sp³-hybridized carbons (Fsp3) is 0.314. The molecule has 0 unspecified atom stereocenters. The van der Waals surface area contributed by atoms with Crippen molar-refractivity contribution in [3.63, 3.8) is 0 Å². The van der Waals surface area contributed by atoms with Crippen molar-refractivity contribution in [3.05, 3.63) is 100 Å². The normalized spacial score (nSPS) is 23.5. The summed E-state index contributed by atoms with van der Waals surface area (Å²) in [4.78, 5) is 28.8. The van der Waals surface area contributed by atoms with Gasteiger partial charge in [-0.15, -0.1) is 0 Å². The van der Waals surface area contributed by atoms with E-state index in [0.29, 0.717) is 30.2 Å². The summed E-state index contributed by atoms with van der Waals surface area (Å²) in [5, 5.41) is 23.8. The number of aliphatic hydroxyl groups is 1. The van der Waals surface area contributed by atoms with E-state index in [0.717, 1.165) is 40.9 Å². The number of aromatic hydroxyl groups is 1. The van der Waals surface area contributed by atoms with E-state index in [1.165, 1.54) is 16.5 Å². The molecule has 43 heavy (non-hydrogen) atoms. The van der Waals surface area contributed by atoms with Crippen molar-refractivity contribution in [2.75, 3.05) is 23.4 Å². The molecule has 3 aliphatic rings. The standard InChI is InChI=1S/C35H35ClN2O5/c1-2-21(16-22-9-14-27(40)18-30(22)36)8-15-31-32-23(19-39)17-28-33(29(32)20-43-31)35(42)38(34(28)41)26-12-10-25(11-13-26)37-24-6-4-3-5-7-24/h3-7,9-14,16,18,28-29,31,33,37,39-40H,2,8,15,17,19-20H2,1H3/b21-16+/t28-,29+,31-,33-/m1/s1. The Labute approximate surface area is 256 Å². The number of carbonyl (C=O) groups excluding carboxylic acids is 2. The Kier molecular flexibility index (Phi) is 8.39. The first kappa shape index (κ1) is 29.2.